The Hall–Kier alpha value is -2.80. The van der Waals surface area contributed by atoms with Gasteiger partial charge in [0.2, 0.25) is 15.2 Å². The maximum Gasteiger partial charge on any atom is 0.238 e. The third-order valence-electron chi connectivity index (χ3n) is 4.87. The molecule has 166 valence electrons. The molecule has 0 bridgehead atoms. The van der Waals surface area contributed by atoms with E-state index in [1.54, 1.807) is 28.2 Å². The third kappa shape index (κ3) is 4.67. The number of thioether (sulfide) groups is 1. The van der Waals surface area contributed by atoms with Gasteiger partial charge in [-0.3, -0.25) is 4.79 Å². The van der Waals surface area contributed by atoms with Gasteiger partial charge in [-0.25, -0.2) is 18.2 Å². The molecule has 0 saturated carbocycles. The van der Waals surface area contributed by atoms with Crippen LogP contribution in [-0.2, 0) is 16.6 Å². The maximum absolute atomic E-state index is 13.0. The van der Waals surface area contributed by atoms with Crippen LogP contribution in [0.4, 0.5) is 0 Å². The van der Waals surface area contributed by atoms with Crippen molar-refractivity contribution in [2.24, 2.45) is 5.14 Å². The van der Waals surface area contributed by atoms with Gasteiger partial charge in [-0.05, 0) is 66.1 Å². The predicted octanol–water partition coefficient (Wildman–Crippen LogP) is 2.81. The molecule has 32 heavy (non-hydrogen) atoms. The lowest BCUT2D eigenvalue weighted by atomic mass is 10.2. The molecule has 0 spiro atoms. The molecule has 0 amide bonds. The Morgan fingerprint density at radius 2 is 1.94 bits per heavy atom. The van der Waals surface area contributed by atoms with Gasteiger partial charge in [0.25, 0.3) is 0 Å². The predicted molar refractivity (Wildman–Crippen MR) is 123 cm³/mol. The largest absolute Gasteiger partial charge is 0.318 e. The summed E-state index contributed by atoms with van der Waals surface area (Å²) in [5, 5.41) is 19.5. The topological polar surface area (TPSA) is 126 Å². The molecular formula is C20H20N6O3S3. The Labute approximate surface area is 193 Å². The first kappa shape index (κ1) is 22.4. The average molecular weight is 489 g/mol. The summed E-state index contributed by atoms with van der Waals surface area (Å²) in [6, 6.07) is 12.1. The summed E-state index contributed by atoms with van der Waals surface area (Å²) in [7, 11) is -3.76. The van der Waals surface area contributed by atoms with Crippen molar-refractivity contribution in [2.45, 2.75) is 30.4 Å². The number of aryl methyl sites for hydroxylation is 1. The highest BCUT2D eigenvalue weighted by molar-refractivity contribution is 7.99. The van der Waals surface area contributed by atoms with E-state index < -0.39 is 10.0 Å². The fourth-order valence-electron chi connectivity index (χ4n) is 3.38. The summed E-state index contributed by atoms with van der Waals surface area (Å²) in [6.45, 7) is 4.32. The molecule has 0 aliphatic heterocycles. The Morgan fingerprint density at radius 3 is 2.59 bits per heavy atom. The second kappa shape index (κ2) is 8.98. The van der Waals surface area contributed by atoms with Gasteiger partial charge >= 0.3 is 0 Å². The van der Waals surface area contributed by atoms with Crippen molar-refractivity contribution in [3.63, 3.8) is 0 Å². The van der Waals surface area contributed by atoms with E-state index in [-0.39, 0.29) is 16.4 Å². The lowest BCUT2D eigenvalue weighted by Gasteiger charge is -2.10. The fourth-order valence-corrected chi connectivity index (χ4v) is 5.35. The SMILES string of the molecule is Cc1cc(C(=O)CSc2nnnn2Cc2cccs2)c(C)n1-c1ccc(S(N)(=O)=O)cc1. The monoisotopic (exact) mass is 488 g/mol. The van der Waals surface area contributed by atoms with Crippen molar-refractivity contribution >= 4 is 38.9 Å². The number of carbonyl (C=O) groups is 1. The lowest BCUT2D eigenvalue weighted by molar-refractivity contribution is 0.102. The second-order valence-electron chi connectivity index (χ2n) is 7.07. The number of benzene rings is 1. The van der Waals surface area contributed by atoms with Crippen LogP contribution in [0.1, 0.15) is 26.6 Å². The minimum absolute atomic E-state index is 0.0386. The highest BCUT2D eigenvalue weighted by Crippen LogP contribution is 2.25. The van der Waals surface area contributed by atoms with Crippen molar-refractivity contribution in [1.82, 2.24) is 24.8 Å². The zero-order valence-corrected chi connectivity index (χ0v) is 19.7. The number of nitrogens with zero attached hydrogens (tertiary/aromatic N) is 5. The van der Waals surface area contributed by atoms with E-state index in [0.29, 0.717) is 17.3 Å². The number of nitrogens with two attached hydrogens (primary N) is 1. The van der Waals surface area contributed by atoms with Crippen LogP contribution in [-0.4, -0.2) is 44.7 Å². The summed E-state index contributed by atoms with van der Waals surface area (Å²) in [4.78, 5) is 14.1. The molecule has 0 atom stereocenters. The number of Topliss-reactive ketones (excluding diaryl/α,β-unsaturated/α-hetero) is 1. The van der Waals surface area contributed by atoms with Crippen LogP contribution in [0.2, 0.25) is 0 Å². The standard InChI is InChI=1S/C20H20N6O3S3/c1-13-10-18(14(2)26(13)15-5-7-17(8-6-15)32(21,28)29)19(27)12-31-20-22-23-24-25(20)11-16-4-3-9-30-16/h3-10H,11-12H2,1-2H3,(H2,21,28,29). The molecule has 1 aromatic carbocycles. The molecule has 0 aliphatic carbocycles. The molecule has 0 radical (unpaired) electrons. The number of hydrogen-bond donors (Lipinski definition) is 1. The molecule has 3 heterocycles. The first-order valence-corrected chi connectivity index (χ1v) is 12.9. The normalized spacial score (nSPS) is 11.7. The minimum Gasteiger partial charge on any atom is -0.318 e. The van der Waals surface area contributed by atoms with E-state index in [9.17, 15) is 13.2 Å². The van der Waals surface area contributed by atoms with Crippen molar-refractivity contribution in [2.75, 3.05) is 5.75 Å². The average Bonchev–Trinajstić information content (AvgIpc) is 3.48. The number of hydrogen-bond acceptors (Lipinski definition) is 8. The highest BCUT2D eigenvalue weighted by atomic mass is 32.2. The summed E-state index contributed by atoms with van der Waals surface area (Å²) < 4.78 is 26.6. The molecule has 9 nitrogen and oxygen atoms in total. The van der Waals surface area contributed by atoms with Crippen LogP contribution < -0.4 is 5.14 Å². The van der Waals surface area contributed by atoms with Crippen molar-refractivity contribution in [1.29, 1.82) is 0 Å². The van der Waals surface area contributed by atoms with E-state index in [4.69, 9.17) is 5.14 Å². The Morgan fingerprint density at radius 1 is 1.19 bits per heavy atom. The Kier molecular flexibility index (Phi) is 6.29. The van der Waals surface area contributed by atoms with Crippen LogP contribution in [0.15, 0.2) is 57.9 Å². The van der Waals surface area contributed by atoms with Gasteiger partial charge in [-0.2, -0.15) is 0 Å². The molecule has 2 N–H and O–H groups in total. The van der Waals surface area contributed by atoms with Gasteiger partial charge in [-0.1, -0.05) is 17.8 Å². The number of tetrazole rings is 1. The summed E-state index contributed by atoms with van der Waals surface area (Å²) in [5.74, 6) is 0.153. The maximum atomic E-state index is 13.0. The zero-order chi connectivity index (χ0) is 22.9. The summed E-state index contributed by atoms with van der Waals surface area (Å²) in [6.07, 6.45) is 0. The minimum atomic E-state index is -3.76. The number of aromatic nitrogens is 5. The third-order valence-corrected chi connectivity index (χ3v) is 7.62. The van der Waals surface area contributed by atoms with Crippen LogP contribution in [0, 0.1) is 13.8 Å². The van der Waals surface area contributed by atoms with E-state index >= 15 is 0 Å². The van der Waals surface area contributed by atoms with Crippen LogP contribution in [0.3, 0.4) is 0 Å². The van der Waals surface area contributed by atoms with Gasteiger partial charge in [0.15, 0.2) is 5.78 Å². The molecule has 0 unspecified atom stereocenters. The van der Waals surface area contributed by atoms with Crippen LogP contribution in [0.25, 0.3) is 5.69 Å². The van der Waals surface area contributed by atoms with E-state index in [1.165, 1.54) is 23.9 Å². The molecule has 3 aromatic heterocycles. The molecule has 4 aromatic rings. The van der Waals surface area contributed by atoms with E-state index in [2.05, 4.69) is 15.5 Å². The molecule has 4 rings (SSSR count). The lowest BCUT2D eigenvalue weighted by Crippen LogP contribution is -2.12. The number of ketones is 1. The number of primary sulfonamides is 1. The quantitative estimate of drug-likeness (QED) is 0.298. The van der Waals surface area contributed by atoms with Gasteiger partial charge in [0.1, 0.15) is 0 Å². The fraction of sp³-hybridized carbons (Fsp3) is 0.200. The number of carbonyl (C=O) groups excluding carboxylic acids is 1. The zero-order valence-electron chi connectivity index (χ0n) is 17.3. The van der Waals surface area contributed by atoms with Crippen molar-refractivity contribution in [3.8, 4) is 5.69 Å². The molecule has 0 aliphatic rings. The van der Waals surface area contributed by atoms with Crippen LogP contribution >= 0.6 is 23.1 Å². The van der Waals surface area contributed by atoms with E-state index in [0.717, 1.165) is 22.0 Å². The summed E-state index contributed by atoms with van der Waals surface area (Å²) in [5.41, 5.74) is 2.98. The van der Waals surface area contributed by atoms with E-state index in [1.807, 2.05) is 42.0 Å². The Bertz CT molecular complexity index is 1360. The molecular weight excluding hydrogens is 468 g/mol. The second-order valence-corrected chi connectivity index (χ2v) is 10.6. The first-order valence-electron chi connectivity index (χ1n) is 9.51. The summed E-state index contributed by atoms with van der Waals surface area (Å²) >= 11 is 2.92. The molecule has 0 fully saturated rings. The van der Waals surface area contributed by atoms with Crippen LogP contribution in [0.5, 0.6) is 0 Å². The number of rotatable bonds is 8. The number of sulfonamides is 1. The highest BCUT2D eigenvalue weighted by Gasteiger charge is 2.19. The van der Waals surface area contributed by atoms with Gasteiger partial charge < -0.3 is 4.57 Å². The van der Waals surface area contributed by atoms with Crippen molar-refractivity contribution < 1.29 is 13.2 Å². The number of thiophene rings is 1. The van der Waals surface area contributed by atoms with Crippen molar-refractivity contribution in [3.05, 3.63) is 69.7 Å². The molecule has 12 heteroatoms. The first-order chi connectivity index (χ1) is 15.2. The Balaban J connectivity index is 1.51. The van der Waals surface area contributed by atoms with Gasteiger partial charge in [0, 0.05) is 27.5 Å². The van der Waals surface area contributed by atoms with Gasteiger partial charge in [-0.15, -0.1) is 16.4 Å². The van der Waals surface area contributed by atoms with Gasteiger partial charge in [0.05, 0.1) is 17.2 Å². The smallest absolute Gasteiger partial charge is 0.238 e. The molecule has 0 saturated heterocycles.